The summed E-state index contributed by atoms with van der Waals surface area (Å²) in [5, 5.41) is 17.4. The number of likely N-dealkylation sites (tertiary alicyclic amines) is 1. The number of methoxy groups -OCH3 is 1. The zero-order valence-electron chi connectivity index (χ0n) is 26.8. The monoisotopic (exact) mass is 642 g/mol. The first kappa shape index (κ1) is 34.1. The van der Waals surface area contributed by atoms with Crippen molar-refractivity contribution in [3.05, 3.63) is 119 Å². The van der Waals surface area contributed by atoms with Gasteiger partial charge in [-0.2, -0.15) is 0 Å². The third kappa shape index (κ3) is 9.85. The standard InChI is InChI=1S/C37H42N2O8/c1-27-15-16-32(35(21-27)44-20-8-19-43-2)26-45-36-24-38(37(40)47-33-14-6-9-28(22-33)25-46-39(41)42)18-17-34(36)31-13-7-12-30(23-31)29-10-4-3-5-11-29/h3-7,9-16,21-23,34,36,41-42H,8,17-20,24-26H2,1-2H3/t34-,36?/m1/s1. The molecular formula is C37H42N2O8. The molecule has 10 heteroatoms. The van der Waals surface area contributed by atoms with Gasteiger partial charge in [-0.1, -0.05) is 78.9 Å². The summed E-state index contributed by atoms with van der Waals surface area (Å²) in [4.78, 5) is 19.8. The van der Waals surface area contributed by atoms with Crippen molar-refractivity contribution in [2.45, 2.75) is 45.0 Å². The smallest absolute Gasteiger partial charge is 0.415 e. The molecular weight excluding hydrogens is 600 g/mol. The van der Waals surface area contributed by atoms with Crippen LogP contribution in [0, 0.1) is 6.92 Å². The predicted molar refractivity (Wildman–Crippen MR) is 175 cm³/mol. The molecule has 1 amide bonds. The highest BCUT2D eigenvalue weighted by atomic mass is 17.1. The lowest BCUT2D eigenvalue weighted by atomic mass is 9.85. The van der Waals surface area contributed by atoms with Crippen LogP contribution in [0.2, 0.25) is 0 Å². The molecule has 1 heterocycles. The second kappa shape index (κ2) is 17.0. The minimum Gasteiger partial charge on any atom is -0.493 e. The van der Waals surface area contributed by atoms with Crippen LogP contribution in [0.4, 0.5) is 4.79 Å². The Bertz CT molecular complexity index is 1580. The SMILES string of the molecule is COCCCOc1cc(C)ccc1COC1CN(C(=O)Oc2cccc(CON(O)O)c2)CC[C@@H]1c1cccc(-c2ccccc2)c1. The van der Waals surface area contributed by atoms with Crippen molar-refractivity contribution in [2.24, 2.45) is 0 Å². The molecule has 2 N–H and O–H groups in total. The van der Waals surface area contributed by atoms with Crippen molar-refractivity contribution < 1.29 is 39.0 Å². The van der Waals surface area contributed by atoms with Crippen LogP contribution in [0.5, 0.6) is 11.5 Å². The zero-order chi connectivity index (χ0) is 33.0. The molecule has 0 aromatic heterocycles. The van der Waals surface area contributed by atoms with E-state index in [1.165, 1.54) is 0 Å². The molecule has 2 atom stereocenters. The summed E-state index contributed by atoms with van der Waals surface area (Å²) in [6.45, 7) is 4.22. The van der Waals surface area contributed by atoms with Crippen LogP contribution in [-0.4, -0.2) is 66.3 Å². The third-order valence-electron chi connectivity index (χ3n) is 8.12. The highest BCUT2D eigenvalue weighted by molar-refractivity contribution is 5.71. The lowest BCUT2D eigenvalue weighted by Crippen LogP contribution is -2.47. The molecule has 1 saturated heterocycles. The molecule has 1 unspecified atom stereocenters. The molecule has 1 fully saturated rings. The first-order chi connectivity index (χ1) is 22.9. The molecule has 4 aromatic carbocycles. The lowest BCUT2D eigenvalue weighted by molar-refractivity contribution is -0.497. The maximum Gasteiger partial charge on any atom is 0.415 e. The Morgan fingerprint density at radius 2 is 1.70 bits per heavy atom. The van der Waals surface area contributed by atoms with Crippen molar-refractivity contribution in [3.8, 4) is 22.6 Å². The molecule has 10 nitrogen and oxygen atoms in total. The predicted octanol–water partition coefficient (Wildman–Crippen LogP) is 7.16. The van der Waals surface area contributed by atoms with E-state index in [2.05, 4.69) is 41.2 Å². The van der Waals surface area contributed by atoms with Gasteiger partial charge in [-0.25, -0.2) is 9.63 Å². The van der Waals surface area contributed by atoms with Gasteiger partial charge in [-0.05, 0) is 59.4 Å². The van der Waals surface area contributed by atoms with E-state index in [9.17, 15) is 4.79 Å². The fourth-order valence-electron chi connectivity index (χ4n) is 5.71. The van der Waals surface area contributed by atoms with Gasteiger partial charge in [-0.15, -0.1) is 0 Å². The number of ether oxygens (including phenoxy) is 4. The summed E-state index contributed by atoms with van der Waals surface area (Å²) in [5.41, 5.74) is 6.05. The molecule has 0 aliphatic carbocycles. The van der Waals surface area contributed by atoms with E-state index >= 15 is 0 Å². The Hall–Kier alpha value is -4.29. The van der Waals surface area contributed by atoms with Crippen molar-refractivity contribution >= 4 is 6.09 Å². The topological polar surface area (TPSA) is 110 Å². The maximum atomic E-state index is 13.4. The second-order valence-electron chi connectivity index (χ2n) is 11.5. The quantitative estimate of drug-likeness (QED) is 0.109. The van der Waals surface area contributed by atoms with E-state index in [1.54, 1.807) is 36.3 Å². The lowest BCUT2D eigenvalue weighted by Gasteiger charge is -2.38. The Morgan fingerprint density at radius 3 is 2.51 bits per heavy atom. The van der Waals surface area contributed by atoms with Gasteiger partial charge in [0.1, 0.15) is 11.5 Å². The van der Waals surface area contributed by atoms with Gasteiger partial charge >= 0.3 is 6.09 Å². The van der Waals surface area contributed by atoms with Crippen molar-refractivity contribution in [2.75, 3.05) is 33.4 Å². The van der Waals surface area contributed by atoms with E-state index in [-0.39, 0.29) is 24.0 Å². The van der Waals surface area contributed by atoms with Crippen LogP contribution in [0.25, 0.3) is 11.1 Å². The molecule has 248 valence electrons. The molecule has 1 aliphatic rings. The van der Waals surface area contributed by atoms with Crippen LogP contribution in [0.15, 0.2) is 97.1 Å². The first-order valence-corrected chi connectivity index (χ1v) is 15.7. The van der Waals surface area contributed by atoms with Gasteiger partial charge in [0.15, 0.2) is 0 Å². The summed E-state index contributed by atoms with van der Waals surface area (Å²) in [5.74, 6) is 1.15. The number of nitrogens with zero attached hydrogens (tertiary/aromatic N) is 2. The minimum atomic E-state index is -0.489. The summed E-state index contributed by atoms with van der Waals surface area (Å²) in [7, 11) is 1.68. The van der Waals surface area contributed by atoms with Crippen LogP contribution in [-0.2, 0) is 27.5 Å². The fraction of sp³-hybridized carbons (Fsp3) is 0.324. The van der Waals surface area contributed by atoms with E-state index in [0.29, 0.717) is 50.6 Å². The number of benzene rings is 4. The summed E-state index contributed by atoms with van der Waals surface area (Å²) >= 11 is 0. The highest BCUT2D eigenvalue weighted by Gasteiger charge is 2.34. The number of rotatable bonds is 14. The maximum absolute atomic E-state index is 13.4. The molecule has 4 aromatic rings. The van der Waals surface area contributed by atoms with E-state index < -0.39 is 6.09 Å². The van der Waals surface area contributed by atoms with Gasteiger partial charge in [0.2, 0.25) is 0 Å². The normalized spacial score (nSPS) is 16.3. The number of amides is 1. The van der Waals surface area contributed by atoms with Crippen LogP contribution < -0.4 is 9.47 Å². The Kier molecular flexibility index (Phi) is 12.3. The van der Waals surface area contributed by atoms with Crippen molar-refractivity contribution in [1.29, 1.82) is 0 Å². The summed E-state index contributed by atoms with van der Waals surface area (Å²) in [6, 6.07) is 31.6. The minimum absolute atomic E-state index is 0.0413. The number of hydrogen-bond acceptors (Lipinski definition) is 9. The number of piperidine rings is 1. The average Bonchev–Trinajstić information content (AvgIpc) is 3.09. The van der Waals surface area contributed by atoms with Crippen molar-refractivity contribution in [3.63, 3.8) is 0 Å². The Balaban J connectivity index is 1.34. The highest BCUT2D eigenvalue weighted by Crippen LogP contribution is 2.34. The number of carbonyl (C=O) groups excluding carboxylic acids is 1. The van der Waals surface area contributed by atoms with Gasteiger partial charge in [0.05, 0.1) is 37.9 Å². The van der Waals surface area contributed by atoms with Gasteiger partial charge in [0, 0.05) is 38.2 Å². The molecule has 5 rings (SSSR count). The molecule has 47 heavy (non-hydrogen) atoms. The van der Waals surface area contributed by atoms with Gasteiger partial charge in [0.25, 0.3) is 0 Å². The number of carbonyl (C=O) groups is 1. The molecule has 0 bridgehead atoms. The molecule has 0 spiro atoms. The second-order valence-corrected chi connectivity index (χ2v) is 11.5. The number of hydrogen-bond donors (Lipinski definition) is 2. The molecule has 1 aliphatic heterocycles. The van der Waals surface area contributed by atoms with Crippen LogP contribution in [0.1, 0.15) is 41.0 Å². The van der Waals surface area contributed by atoms with Crippen molar-refractivity contribution in [1.82, 2.24) is 10.3 Å². The largest absolute Gasteiger partial charge is 0.493 e. The Labute approximate surface area is 275 Å². The van der Waals surface area contributed by atoms with Crippen LogP contribution in [0.3, 0.4) is 0 Å². The Morgan fingerprint density at radius 1 is 0.894 bits per heavy atom. The fourth-order valence-corrected chi connectivity index (χ4v) is 5.71. The molecule has 0 saturated carbocycles. The average molecular weight is 643 g/mol. The van der Waals surface area contributed by atoms with Gasteiger partial charge in [-0.3, -0.25) is 10.4 Å². The first-order valence-electron chi connectivity index (χ1n) is 15.7. The zero-order valence-corrected chi connectivity index (χ0v) is 26.8. The summed E-state index contributed by atoms with van der Waals surface area (Å²) < 4.78 is 23.7. The van der Waals surface area contributed by atoms with Crippen LogP contribution >= 0.6 is 0 Å². The summed E-state index contributed by atoms with van der Waals surface area (Å²) in [6.07, 6.45) is 0.659. The van der Waals surface area contributed by atoms with E-state index in [4.69, 9.17) is 29.4 Å². The third-order valence-corrected chi connectivity index (χ3v) is 8.12. The number of aryl methyl sites for hydroxylation is 1. The van der Waals surface area contributed by atoms with E-state index in [0.717, 1.165) is 40.0 Å². The van der Waals surface area contributed by atoms with Gasteiger partial charge < -0.3 is 23.8 Å². The molecule has 0 radical (unpaired) electrons. The van der Waals surface area contributed by atoms with E-state index in [1.807, 2.05) is 43.3 Å².